The summed E-state index contributed by atoms with van der Waals surface area (Å²) in [6.45, 7) is 6.92. The number of likely N-dealkylation sites (tertiary alicyclic amines) is 2. The van der Waals surface area contributed by atoms with Crippen molar-refractivity contribution in [3.8, 4) is 0 Å². The van der Waals surface area contributed by atoms with Crippen molar-refractivity contribution >= 4 is 5.78 Å². The summed E-state index contributed by atoms with van der Waals surface area (Å²) in [4.78, 5) is 17.5. The highest BCUT2D eigenvalue weighted by Crippen LogP contribution is 2.31. The molecule has 3 saturated heterocycles. The normalized spacial score (nSPS) is 30.8. The first-order valence-electron chi connectivity index (χ1n) is 9.28. The molecule has 2 N–H and O–H groups in total. The van der Waals surface area contributed by atoms with Gasteiger partial charge in [-0.2, -0.15) is 0 Å². The Hall–Kier alpha value is -1.27. The van der Waals surface area contributed by atoms with Crippen LogP contribution in [0.15, 0.2) is 30.3 Å². The first-order valence-corrected chi connectivity index (χ1v) is 9.28. The van der Waals surface area contributed by atoms with Gasteiger partial charge in [-0.3, -0.25) is 14.6 Å². The summed E-state index contributed by atoms with van der Waals surface area (Å²) < 4.78 is 0. The number of hydrogen-bond donors (Lipinski definition) is 2. The Morgan fingerprint density at radius 2 is 1.88 bits per heavy atom. The van der Waals surface area contributed by atoms with E-state index in [0.717, 1.165) is 45.8 Å². The highest BCUT2D eigenvalue weighted by Gasteiger charge is 2.42. The van der Waals surface area contributed by atoms with E-state index in [0.29, 0.717) is 24.3 Å². The average molecular weight is 328 g/mol. The van der Waals surface area contributed by atoms with E-state index in [9.17, 15) is 4.79 Å². The molecule has 3 fully saturated rings. The van der Waals surface area contributed by atoms with Crippen molar-refractivity contribution in [2.24, 2.45) is 0 Å². The Kier molecular flexibility index (Phi) is 4.94. The van der Waals surface area contributed by atoms with Crippen molar-refractivity contribution < 1.29 is 4.79 Å². The molecule has 3 atom stereocenters. The zero-order valence-corrected chi connectivity index (χ0v) is 14.3. The van der Waals surface area contributed by atoms with Crippen molar-refractivity contribution in [1.82, 2.24) is 20.4 Å². The van der Waals surface area contributed by atoms with E-state index in [1.54, 1.807) is 0 Å². The predicted octanol–water partition coefficient (Wildman–Crippen LogP) is 0.466. The molecule has 0 aliphatic carbocycles. The molecule has 3 aliphatic heterocycles. The third kappa shape index (κ3) is 3.54. The lowest BCUT2D eigenvalue weighted by molar-refractivity contribution is -0.121. The first-order chi connectivity index (χ1) is 11.8. The van der Waals surface area contributed by atoms with Gasteiger partial charge in [-0.05, 0) is 12.0 Å². The fourth-order valence-corrected chi connectivity index (χ4v) is 4.43. The van der Waals surface area contributed by atoms with Crippen LogP contribution in [0.25, 0.3) is 0 Å². The van der Waals surface area contributed by atoms with Gasteiger partial charge in [0.25, 0.3) is 0 Å². The minimum atomic E-state index is 0.0214. The highest BCUT2D eigenvalue weighted by atomic mass is 16.1. The van der Waals surface area contributed by atoms with Gasteiger partial charge in [-0.1, -0.05) is 30.3 Å². The third-order valence-electron chi connectivity index (χ3n) is 5.77. The van der Waals surface area contributed by atoms with E-state index in [1.165, 1.54) is 12.0 Å². The molecule has 0 aromatic heterocycles. The van der Waals surface area contributed by atoms with Crippen LogP contribution in [0.3, 0.4) is 0 Å². The van der Waals surface area contributed by atoms with Crippen molar-refractivity contribution in [3.05, 3.63) is 35.9 Å². The molecule has 3 aliphatic rings. The number of carbonyl (C=O) groups excluding carboxylic acids is 1. The number of Topliss-reactive ketones (excluding diaryl/α,β-unsaturated/α-hetero) is 1. The Morgan fingerprint density at radius 1 is 1.08 bits per heavy atom. The van der Waals surface area contributed by atoms with E-state index < -0.39 is 0 Å². The monoisotopic (exact) mass is 328 g/mol. The predicted molar refractivity (Wildman–Crippen MR) is 94.9 cm³/mol. The second-order valence-electron chi connectivity index (χ2n) is 7.38. The fourth-order valence-electron chi connectivity index (χ4n) is 4.43. The van der Waals surface area contributed by atoms with Gasteiger partial charge >= 0.3 is 0 Å². The lowest BCUT2D eigenvalue weighted by Crippen LogP contribution is -2.53. The van der Waals surface area contributed by atoms with Gasteiger partial charge in [0.2, 0.25) is 0 Å². The number of hydrogen-bond acceptors (Lipinski definition) is 5. The summed E-state index contributed by atoms with van der Waals surface area (Å²) in [7, 11) is 0. The van der Waals surface area contributed by atoms with Crippen LogP contribution < -0.4 is 10.6 Å². The number of carbonyl (C=O) groups is 1. The molecule has 1 aromatic carbocycles. The molecule has 0 amide bonds. The lowest BCUT2D eigenvalue weighted by Gasteiger charge is -2.34. The third-order valence-corrected chi connectivity index (χ3v) is 5.77. The number of benzene rings is 1. The number of nitrogens with one attached hydrogen (secondary N) is 2. The van der Waals surface area contributed by atoms with Crippen LogP contribution in [-0.2, 0) is 11.3 Å². The SMILES string of the molecule is O=C(CCN1C[C@@H]2C[C@H]1CN2Cc1ccccc1)C1CNCCN1. The van der Waals surface area contributed by atoms with E-state index in [1.807, 2.05) is 0 Å². The largest absolute Gasteiger partial charge is 0.313 e. The van der Waals surface area contributed by atoms with Gasteiger partial charge in [-0.15, -0.1) is 0 Å². The van der Waals surface area contributed by atoms with Crippen molar-refractivity contribution in [1.29, 1.82) is 0 Å². The Bertz CT molecular complexity index is 558. The number of nitrogens with zero attached hydrogens (tertiary/aromatic N) is 2. The maximum absolute atomic E-state index is 12.3. The molecule has 1 unspecified atom stereocenters. The maximum atomic E-state index is 12.3. The second-order valence-corrected chi connectivity index (χ2v) is 7.38. The summed E-state index contributed by atoms with van der Waals surface area (Å²) >= 11 is 0. The zero-order valence-electron chi connectivity index (χ0n) is 14.3. The molecule has 4 rings (SSSR count). The molecule has 0 spiro atoms. The molecule has 2 bridgehead atoms. The fraction of sp³-hybridized carbons (Fsp3) is 0.632. The molecular formula is C19H28N4O. The Morgan fingerprint density at radius 3 is 2.58 bits per heavy atom. The van der Waals surface area contributed by atoms with Gasteiger partial charge in [0.05, 0.1) is 6.04 Å². The summed E-state index contributed by atoms with van der Waals surface area (Å²) in [5.74, 6) is 0.367. The van der Waals surface area contributed by atoms with Gasteiger partial charge in [0.1, 0.15) is 0 Å². The average Bonchev–Trinajstić information content (AvgIpc) is 3.21. The van der Waals surface area contributed by atoms with E-state index >= 15 is 0 Å². The van der Waals surface area contributed by atoms with Crippen LogP contribution in [-0.4, -0.2) is 73.0 Å². The molecule has 130 valence electrons. The summed E-state index contributed by atoms with van der Waals surface area (Å²) in [5, 5.41) is 6.62. The molecular weight excluding hydrogens is 300 g/mol. The molecule has 3 heterocycles. The second kappa shape index (κ2) is 7.31. The minimum absolute atomic E-state index is 0.0214. The molecule has 24 heavy (non-hydrogen) atoms. The van der Waals surface area contributed by atoms with E-state index in [-0.39, 0.29) is 6.04 Å². The van der Waals surface area contributed by atoms with Crippen LogP contribution in [0.2, 0.25) is 0 Å². The van der Waals surface area contributed by atoms with Crippen LogP contribution in [0.1, 0.15) is 18.4 Å². The standard InChI is InChI=1S/C19H28N4O/c24-19(18-11-20-7-8-21-18)6-9-22-13-17-10-16(22)14-23(17)12-15-4-2-1-3-5-15/h1-5,16-18,20-21H,6-14H2/t16-,17-,18?/m0/s1. The Labute approximate surface area is 144 Å². The molecule has 0 saturated carbocycles. The number of rotatable bonds is 6. The topological polar surface area (TPSA) is 47.6 Å². The van der Waals surface area contributed by atoms with E-state index in [2.05, 4.69) is 50.8 Å². The summed E-state index contributed by atoms with van der Waals surface area (Å²) in [5.41, 5.74) is 1.41. The first kappa shape index (κ1) is 16.2. The van der Waals surface area contributed by atoms with Gasteiger partial charge in [-0.25, -0.2) is 0 Å². The van der Waals surface area contributed by atoms with Crippen LogP contribution in [0.5, 0.6) is 0 Å². The van der Waals surface area contributed by atoms with Gasteiger partial charge in [0, 0.05) is 64.3 Å². The zero-order chi connectivity index (χ0) is 16.4. The van der Waals surface area contributed by atoms with Gasteiger partial charge < -0.3 is 10.6 Å². The molecule has 5 heteroatoms. The van der Waals surface area contributed by atoms with E-state index in [4.69, 9.17) is 0 Å². The highest BCUT2D eigenvalue weighted by molar-refractivity contribution is 5.84. The van der Waals surface area contributed by atoms with Gasteiger partial charge in [0.15, 0.2) is 5.78 Å². The summed E-state index contributed by atoms with van der Waals surface area (Å²) in [6.07, 6.45) is 1.95. The van der Waals surface area contributed by atoms with Crippen LogP contribution in [0.4, 0.5) is 0 Å². The van der Waals surface area contributed by atoms with Crippen molar-refractivity contribution in [2.75, 3.05) is 39.3 Å². The number of piperazine rings is 2. The number of ketones is 1. The molecule has 1 aromatic rings. The van der Waals surface area contributed by atoms with Crippen LogP contribution in [0, 0.1) is 0 Å². The van der Waals surface area contributed by atoms with Crippen LogP contribution >= 0.6 is 0 Å². The van der Waals surface area contributed by atoms with Crippen molar-refractivity contribution in [2.45, 2.75) is 37.5 Å². The maximum Gasteiger partial charge on any atom is 0.152 e. The lowest BCUT2D eigenvalue weighted by atomic mass is 10.1. The summed E-state index contributed by atoms with van der Waals surface area (Å²) in [6, 6.07) is 12.1. The van der Waals surface area contributed by atoms with Crippen molar-refractivity contribution in [3.63, 3.8) is 0 Å². The molecule has 0 radical (unpaired) electrons. The Balaban J connectivity index is 1.24. The minimum Gasteiger partial charge on any atom is -0.313 e. The molecule has 5 nitrogen and oxygen atoms in total. The smallest absolute Gasteiger partial charge is 0.152 e. The quantitative estimate of drug-likeness (QED) is 0.795. The number of fused-ring (bicyclic) bond motifs is 2.